The van der Waals surface area contributed by atoms with Crippen molar-refractivity contribution in [3.8, 4) is 0 Å². The van der Waals surface area contributed by atoms with Gasteiger partial charge in [-0.3, -0.25) is 0 Å². The zero-order valence-electron chi connectivity index (χ0n) is 16.3. The van der Waals surface area contributed by atoms with Crippen LogP contribution in [0.3, 0.4) is 0 Å². The Morgan fingerprint density at radius 1 is 0.968 bits per heavy atom. The van der Waals surface area contributed by atoms with Crippen molar-refractivity contribution in [1.29, 1.82) is 0 Å². The van der Waals surface area contributed by atoms with E-state index in [0.717, 1.165) is 27.9 Å². The number of aromatic nitrogens is 3. The summed E-state index contributed by atoms with van der Waals surface area (Å²) in [6.07, 6.45) is 5.36. The molecule has 7 heteroatoms. The van der Waals surface area contributed by atoms with Crippen LogP contribution in [0.1, 0.15) is 27.5 Å². The van der Waals surface area contributed by atoms with Crippen LogP contribution in [0.4, 0.5) is 11.7 Å². The van der Waals surface area contributed by atoms with E-state index in [1.807, 2.05) is 71.4 Å². The van der Waals surface area contributed by atoms with E-state index in [1.54, 1.807) is 24.7 Å². The molecule has 0 bridgehead atoms. The third-order valence-corrected chi connectivity index (χ3v) is 5.07. The molecule has 1 atom stereocenters. The molecule has 152 valence electrons. The molecule has 31 heavy (non-hydrogen) atoms. The second kappa shape index (κ2) is 7.79. The van der Waals surface area contributed by atoms with Crippen LogP contribution < -0.4 is 5.32 Å². The summed E-state index contributed by atoms with van der Waals surface area (Å²) in [5.74, 6) is -0.944. The number of oxazole rings is 1. The Hall–Kier alpha value is -4.39. The number of carboxylic acid groups (broad SMARTS) is 1. The van der Waals surface area contributed by atoms with Crippen molar-refractivity contribution in [2.45, 2.75) is 6.04 Å². The zero-order chi connectivity index (χ0) is 21.2. The van der Waals surface area contributed by atoms with E-state index in [2.05, 4.69) is 15.3 Å². The van der Waals surface area contributed by atoms with Crippen LogP contribution in [0.5, 0.6) is 0 Å². The van der Waals surface area contributed by atoms with Gasteiger partial charge in [-0.1, -0.05) is 36.4 Å². The molecule has 0 spiro atoms. The van der Waals surface area contributed by atoms with Crippen molar-refractivity contribution in [3.63, 3.8) is 0 Å². The van der Waals surface area contributed by atoms with Gasteiger partial charge in [-0.2, -0.15) is 4.98 Å². The summed E-state index contributed by atoms with van der Waals surface area (Å²) in [7, 11) is 0. The molecule has 3 aromatic carbocycles. The standard InChI is InChI=1S/C24H18N4O3/c29-23(30)18-7-5-16(6-8-18)22(28-14-13-25-15-28)17-9-11-19(12-10-17)26-24-27-20-3-1-2-4-21(20)31-24/h1-15,22H,(H,26,27)(H,29,30). The number of imidazole rings is 1. The average molecular weight is 410 g/mol. The molecular formula is C24H18N4O3. The van der Waals surface area contributed by atoms with E-state index >= 15 is 0 Å². The normalized spacial score (nSPS) is 12.0. The van der Waals surface area contributed by atoms with Crippen molar-refractivity contribution in [2.75, 3.05) is 5.32 Å². The number of rotatable bonds is 6. The van der Waals surface area contributed by atoms with Gasteiger partial charge in [-0.05, 0) is 47.5 Å². The Balaban J connectivity index is 1.44. The van der Waals surface area contributed by atoms with E-state index in [9.17, 15) is 9.90 Å². The Labute approximate surface area is 177 Å². The lowest BCUT2D eigenvalue weighted by molar-refractivity contribution is 0.0697. The Bertz CT molecular complexity index is 1290. The summed E-state index contributed by atoms with van der Waals surface area (Å²) < 4.78 is 7.71. The first-order valence-corrected chi connectivity index (χ1v) is 9.70. The fourth-order valence-electron chi connectivity index (χ4n) is 3.56. The highest BCUT2D eigenvalue weighted by atomic mass is 16.4. The van der Waals surface area contributed by atoms with Crippen LogP contribution in [0, 0.1) is 0 Å². The van der Waals surface area contributed by atoms with E-state index in [1.165, 1.54) is 0 Å². The van der Waals surface area contributed by atoms with E-state index in [0.29, 0.717) is 6.01 Å². The highest BCUT2D eigenvalue weighted by molar-refractivity contribution is 5.87. The quantitative estimate of drug-likeness (QED) is 0.404. The molecule has 0 aliphatic heterocycles. The number of hydrogen-bond acceptors (Lipinski definition) is 5. The number of aromatic carboxylic acids is 1. The highest BCUT2D eigenvalue weighted by Crippen LogP contribution is 2.29. The molecule has 0 radical (unpaired) electrons. The van der Waals surface area contributed by atoms with Gasteiger partial charge in [0.15, 0.2) is 5.58 Å². The molecule has 0 amide bonds. The molecule has 5 aromatic rings. The number of anilines is 2. The summed E-state index contributed by atoms with van der Waals surface area (Å²) in [5.41, 5.74) is 4.62. The van der Waals surface area contributed by atoms with Crippen LogP contribution in [0.15, 0.2) is 95.9 Å². The smallest absolute Gasteiger partial charge is 0.335 e. The summed E-state index contributed by atoms with van der Waals surface area (Å²) in [6, 6.07) is 22.7. The number of carbonyl (C=O) groups is 1. The van der Waals surface area contributed by atoms with Crippen LogP contribution in [-0.2, 0) is 0 Å². The first-order chi connectivity index (χ1) is 15.2. The highest BCUT2D eigenvalue weighted by Gasteiger charge is 2.17. The Morgan fingerprint density at radius 2 is 1.68 bits per heavy atom. The number of nitrogens with one attached hydrogen (secondary N) is 1. The van der Waals surface area contributed by atoms with E-state index in [4.69, 9.17) is 4.42 Å². The van der Waals surface area contributed by atoms with Crippen molar-refractivity contribution >= 4 is 28.8 Å². The van der Waals surface area contributed by atoms with Gasteiger partial charge in [0, 0.05) is 18.1 Å². The number of para-hydroxylation sites is 2. The van der Waals surface area contributed by atoms with Crippen LogP contribution in [0.2, 0.25) is 0 Å². The number of fused-ring (bicyclic) bond motifs is 1. The minimum Gasteiger partial charge on any atom is -0.478 e. The molecule has 7 nitrogen and oxygen atoms in total. The third kappa shape index (κ3) is 3.76. The van der Waals surface area contributed by atoms with E-state index in [-0.39, 0.29) is 11.6 Å². The lowest BCUT2D eigenvalue weighted by Crippen LogP contribution is -2.11. The van der Waals surface area contributed by atoms with Gasteiger partial charge in [0.25, 0.3) is 6.01 Å². The molecule has 0 saturated carbocycles. The maximum atomic E-state index is 11.2. The van der Waals surface area contributed by atoms with Crippen LogP contribution in [0.25, 0.3) is 11.1 Å². The monoisotopic (exact) mass is 410 g/mol. The molecule has 1 unspecified atom stereocenters. The average Bonchev–Trinajstić information content (AvgIpc) is 3.45. The number of carboxylic acids is 1. The van der Waals surface area contributed by atoms with Crippen LogP contribution >= 0.6 is 0 Å². The van der Waals surface area contributed by atoms with Gasteiger partial charge in [0.2, 0.25) is 0 Å². The van der Waals surface area contributed by atoms with Gasteiger partial charge in [-0.15, -0.1) is 0 Å². The predicted molar refractivity (Wildman–Crippen MR) is 117 cm³/mol. The molecule has 5 rings (SSSR count). The largest absolute Gasteiger partial charge is 0.478 e. The predicted octanol–water partition coefficient (Wildman–Crippen LogP) is 5.10. The van der Waals surface area contributed by atoms with Gasteiger partial charge in [0.1, 0.15) is 5.52 Å². The molecular weight excluding hydrogens is 392 g/mol. The van der Waals surface area contributed by atoms with Crippen molar-refractivity contribution in [3.05, 3.63) is 108 Å². The van der Waals surface area contributed by atoms with Gasteiger partial charge in [0.05, 0.1) is 17.9 Å². The first kappa shape index (κ1) is 18.6. The molecule has 0 fully saturated rings. The Kier molecular flexibility index (Phi) is 4.68. The summed E-state index contributed by atoms with van der Waals surface area (Å²) in [6.45, 7) is 0. The Morgan fingerprint density at radius 3 is 2.32 bits per heavy atom. The number of nitrogens with zero attached hydrogens (tertiary/aromatic N) is 3. The summed E-state index contributed by atoms with van der Waals surface area (Å²) in [4.78, 5) is 19.8. The topological polar surface area (TPSA) is 93.2 Å². The maximum absolute atomic E-state index is 11.2. The second-order valence-corrected chi connectivity index (χ2v) is 7.07. The van der Waals surface area contributed by atoms with Crippen molar-refractivity contribution in [1.82, 2.24) is 14.5 Å². The minimum absolute atomic E-state index is 0.135. The molecule has 0 aliphatic carbocycles. The number of benzene rings is 3. The molecule has 0 saturated heterocycles. The van der Waals surface area contributed by atoms with Gasteiger partial charge in [-0.25, -0.2) is 9.78 Å². The molecule has 2 N–H and O–H groups in total. The van der Waals surface area contributed by atoms with Gasteiger partial charge < -0.3 is 19.4 Å². The lowest BCUT2D eigenvalue weighted by Gasteiger charge is -2.20. The molecule has 2 heterocycles. The maximum Gasteiger partial charge on any atom is 0.335 e. The molecule has 2 aromatic heterocycles. The lowest BCUT2D eigenvalue weighted by atomic mass is 9.97. The van der Waals surface area contributed by atoms with Crippen molar-refractivity contribution < 1.29 is 14.3 Å². The fraction of sp³-hybridized carbons (Fsp3) is 0.0417. The van der Waals surface area contributed by atoms with Crippen molar-refractivity contribution in [2.24, 2.45) is 0 Å². The molecule has 0 aliphatic rings. The first-order valence-electron chi connectivity index (χ1n) is 9.70. The third-order valence-electron chi connectivity index (χ3n) is 5.07. The summed E-state index contributed by atoms with van der Waals surface area (Å²) >= 11 is 0. The minimum atomic E-state index is -0.944. The summed E-state index contributed by atoms with van der Waals surface area (Å²) in [5, 5.41) is 12.4. The number of hydrogen-bond donors (Lipinski definition) is 2. The van der Waals surface area contributed by atoms with E-state index < -0.39 is 5.97 Å². The van der Waals surface area contributed by atoms with Gasteiger partial charge >= 0.3 is 5.97 Å². The zero-order valence-corrected chi connectivity index (χ0v) is 16.3. The van der Waals surface area contributed by atoms with Crippen LogP contribution in [-0.4, -0.2) is 25.6 Å². The second-order valence-electron chi connectivity index (χ2n) is 7.07. The SMILES string of the molecule is O=C(O)c1ccc(C(c2ccc(Nc3nc4ccccc4o3)cc2)n2ccnc2)cc1. The fourth-order valence-corrected chi connectivity index (χ4v) is 3.56.